The van der Waals surface area contributed by atoms with E-state index in [2.05, 4.69) is 42.5 Å². The quantitative estimate of drug-likeness (QED) is 0.0351. The summed E-state index contributed by atoms with van der Waals surface area (Å²) in [6, 6.07) is 28.5. The number of fused-ring (bicyclic) bond motifs is 1. The van der Waals surface area contributed by atoms with Gasteiger partial charge < -0.3 is 45.5 Å². The van der Waals surface area contributed by atoms with Gasteiger partial charge in [0.25, 0.3) is 0 Å². The summed E-state index contributed by atoms with van der Waals surface area (Å²) in [5.41, 5.74) is 4.31. The number of aryl methyl sites for hydroxylation is 2. The number of aromatic nitrogens is 1. The van der Waals surface area contributed by atoms with E-state index < -0.39 is 12.2 Å². The van der Waals surface area contributed by atoms with Crippen molar-refractivity contribution < 1.29 is 34.7 Å². The number of hydrogen-bond donors (Lipinski definition) is 7. The zero-order valence-corrected chi connectivity index (χ0v) is 29.9. The molecule has 0 amide bonds. The average molecular weight is 698 g/mol. The molecule has 51 heavy (non-hydrogen) atoms. The van der Waals surface area contributed by atoms with Crippen molar-refractivity contribution in [1.29, 1.82) is 0 Å². The number of aliphatic hydroxyl groups is 1. The minimum Gasteiger partial charge on any atom is -0.508 e. The molecule has 272 valence electrons. The van der Waals surface area contributed by atoms with Crippen LogP contribution in [-0.2, 0) is 11.2 Å². The summed E-state index contributed by atoms with van der Waals surface area (Å²) in [7, 11) is 0. The highest BCUT2D eigenvalue weighted by atomic mass is 16.6. The van der Waals surface area contributed by atoms with Crippen LogP contribution in [0.3, 0.4) is 0 Å². The Bertz CT molecular complexity index is 1800. The van der Waals surface area contributed by atoms with Gasteiger partial charge in [0.15, 0.2) is 11.5 Å². The van der Waals surface area contributed by atoms with Crippen molar-refractivity contribution >= 4 is 16.9 Å². The Morgan fingerprint density at radius 2 is 1.59 bits per heavy atom. The predicted molar refractivity (Wildman–Crippen MR) is 201 cm³/mol. The number of aliphatic hydroxyl groups excluding tert-OH is 1. The first-order chi connectivity index (χ1) is 24.4. The second kappa shape index (κ2) is 18.8. The summed E-state index contributed by atoms with van der Waals surface area (Å²) < 4.78 is 11.8. The van der Waals surface area contributed by atoms with E-state index in [9.17, 15) is 25.2 Å². The number of aromatic amines is 1. The zero-order valence-electron chi connectivity index (χ0n) is 29.9. The number of hydrogen-bond acceptors (Lipinski definition) is 9. The SMILES string of the molecule is Cc1cc2c(OCC(CNC(C)(C)C)OC(=O)c3ccccc3)cccc2[nH]1.Oc1ccc(CCCCNC[C@H](O)c2ccc(O)c(O)c2)cc1. The summed E-state index contributed by atoms with van der Waals surface area (Å²) in [5.74, 6) is 0.294. The molecule has 0 spiro atoms. The van der Waals surface area contributed by atoms with Crippen LogP contribution in [0.5, 0.6) is 23.0 Å². The van der Waals surface area contributed by atoms with Crippen LogP contribution in [0.4, 0.5) is 0 Å². The number of aromatic hydroxyl groups is 3. The lowest BCUT2D eigenvalue weighted by molar-refractivity contribution is 0.0163. The van der Waals surface area contributed by atoms with Gasteiger partial charge in [-0.2, -0.15) is 0 Å². The van der Waals surface area contributed by atoms with Crippen LogP contribution in [0.1, 0.15) is 66.9 Å². The zero-order chi connectivity index (χ0) is 36.8. The Morgan fingerprint density at radius 1 is 0.843 bits per heavy atom. The number of nitrogens with one attached hydrogen (secondary N) is 3. The summed E-state index contributed by atoms with van der Waals surface area (Å²) >= 11 is 0. The van der Waals surface area contributed by atoms with E-state index in [1.54, 1.807) is 30.3 Å². The van der Waals surface area contributed by atoms with Crippen LogP contribution in [0.15, 0.2) is 97.1 Å². The highest BCUT2D eigenvalue weighted by Crippen LogP contribution is 2.28. The number of esters is 1. The number of carbonyl (C=O) groups excluding carboxylic acids is 1. The first-order valence-corrected chi connectivity index (χ1v) is 17.3. The van der Waals surface area contributed by atoms with E-state index in [1.807, 2.05) is 55.5 Å². The maximum atomic E-state index is 12.5. The van der Waals surface area contributed by atoms with Crippen LogP contribution in [0.25, 0.3) is 10.9 Å². The monoisotopic (exact) mass is 697 g/mol. The average Bonchev–Trinajstić information content (AvgIpc) is 3.50. The van der Waals surface area contributed by atoms with Crippen molar-refractivity contribution in [3.05, 3.63) is 119 Å². The van der Waals surface area contributed by atoms with Gasteiger partial charge >= 0.3 is 5.97 Å². The highest BCUT2D eigenvalue weighted by molar-refractivity contribution is 5.89. The van der Waals surface area contributed by atoms with Gasteiger partial charge in [-0.25, -0.2) is 4.79 Å². The van der Waals surface area contributed by atoms with E-state index in [-0.39, 0.29) is 35.4 Å². The third-order valence-corrected chi connectivity index (χ3v) is 8.05. The summed E-state index contributed by atoms with van der Waals surface area (Å²) in [4.78, 5) is 15.8. The van der Waals surface area contributed by atoms with Crippen molar-refractivity contribution in [2.75, 3.05) is 26.2 Å². The van der Waals surface area contributed by atoms with E-state index >= 15 is 0 Å². The van der Waals surface area contributed by atoms with Crippen molar-refractivity contribution in [1.82, 2.24) is 15.6 Å². The van der Waals surface area contributed by atoms with Gasteiger partial charge in [-0.15, -0.1) is 0 Å². The molecule has 2 atom stereocenters. The van der Waals surface area contributed by atoms with Crippen LogP contribution in [0.2, 0.25) is 0 Å². The topological polar surface area (TPSA) is 156 Å². The lowest BCUT2D eigenvalue weighted by atomic mass is 10.1. The van der Waals surface area contributed by atoms with E-state index in [4.69, 9.17) is 9.47 Å². The molecule has 7 N–H and O–H groups in total. The lowest BCUT2D eigenvalue weighted by Gasteiger charge is -2.25. The number of unbranched alkanes of at least 4 members (excludes halogenated alkanes) is 1. The Hall–Kier alpha value is -5.03. The number of phenols is 3. The molecule has 0 aliphatic rings. The van der Waals surface area contributed by atoms with Crippen LogP contribution < -0.4 is 15.4 Å². The smallest absolute Gasteiger partial charge is 0.338 e. The van der Waals surface area contributed by atoms with Gasteiger partial charge in [0.2, 0.25) is 0 Å². The second-order valence-corrected chi connectivity index (χ2v) is 13.6. The molecule has 1 unspecified atom stereocenters. The number of phenolic OH excluding ortho intramolecular Hbond substituents is 3. The minimum atomic E-state index is -0.724. The van der Waals surface area contributed by atoms with Gasteiger partial charge in [0, 0.05) is 35.2 Å². The fourth-order valence-corrected chi connectivity index (χ4v) is 5.27. The van der Waals surface area contributed by atoms with Crippen molar-refractivity contribution in [2.24, 2.45) is 0 Å². The number of rotatable bonds is 15. The van der Waals surface area contributed by atoms with Crippen LogP contribution >= 0.6 is 0 Å². The molecule has 0 saturated heterocycles. The molecule has 0 fully saturated rings. The Kier molecular flexibility index (Phi) is 14.3. The summed E-state index contributed by atoms with van der Waals surface area (Å²) in [6.07, 6.45) is 1.82. The van der Waals surface area contributed by atoms with Gasteiger partial charge in [-0.3, -0.25) is 0 Å². The maximum absolute atomic E-state index is 12.5. The Balaban J connectivity index is 0.000000233. The summed E-state index contributed by atoms with van der Waals surface area (Å²) in [5, 5.41) is 45.5. The van der Waals surface area contributed by atoms with Crippen LogP contribution in [-0.4, -0.2) is 69.3 Å². The number of ether oxygens (including phenoxy) is 2. The molecule has 0 aliphatic carbocycles. The van der Waals surface area contributed by atoms with E-state index in [1.165, 1.54) is 17.7 Å². The largest absolute Gasteiger partial charge is 0.508 e. The Morgan fingerprint density at radius 3 is 2.29 bits per heavy atom. The molecule has 5 rings (SSSR count). The molecule has 1 aromatic heterocycles. The van der Waals surface area contributed by atoms with Crippen molar-refractivity contribution in [3.8, 4) is 23.0 Å². The normalized spacial score (nSPS) is 12.5. The third-order valence-electron chi connectivity index (χ3n) is 8.05. The Labute approximate surface area is 300 Å². The lowest BCUT2D eigenvalue weighted by Crippen LogP contribution is -2.44. The van der Waals surface area contributed by atoms with Crippen molar-refractivity contribution in [3.63, 3.8) is 0 Å². The van der Waals surface area contributed by atoms with Gasteiger partial charge in [-0.1, -0.05) is 42.5 Å². The van der Waals surface area contributed by atoms with Crippen LogP contribution in [0, 0.1) is 6.92 Å². The fourth-order valence-electron chi connectivity index (χ4n) is 5.27. The molecule has 4 aromatic carbocycles. The molecule has 5 aromatic rings. The first kappa shape index (κ1) is 38.8. The molecular weight excluding hydrogens is 646 g/mol. The number of H-pyrrole nitrogens is 1. The minimum absolute atomic E-state index is 0.0881. The maximum Gasteiger partial charge on any atom is 0.338 e. The molecule has 0 saturated carbocycles. The standard InChI is InChI=1S/C23H28N2O3.C18H23NO4/c1-16-13-19-20(25-16)11-8-12-21(19)27-15-18(14-24-23(2,3)4)28-22(26)17-9-6-5-7-10-17;20-15-7-4-13(5-8-15)3-1-2-10-19-12-18(23)14-6-9-16(21)17(22)11-14/h5-13,18,24-25H,14-15H2,1-4H3;4-9,11,18-23H,1-3,10,12H2/t;18-/m.0/s1. The molecule has 10 heteroatoms. The van der Waals surface area contributed by atoms with E-state index in [0.29, 0.717) is 24.2 Å². The molecular formula is C41H51N3O7. The van der Waals surface area contributed by atoms with Gasteiger partial charge in [0.05, 0.1) is 11.7 Å². The molecule has 0 aliphatic heterocycles. The van der Waals surface area contributed by atoms with Crippen molar-refractivity contribution in [2.45, 2.75) is 64.7 Å². The highest BCUT2D eigenvalue weighted by Gasteiger charge is 2.20. The van der Waals surface area contributed by atoms with Gasteiger partial charge in [-0.05, 0) is 119 Å². The first-order valence-electron chi connectivity index (χ1n) is 17.3. The third kappa shape index (κ3) is 13.0. The fraction of sp³-hybridized carbons (Fsp3) is 0.341. The molecule has 1 heterocycles. The second-order valence-electron chi connectivity index (χ2n) is 13.6. The molecule has 0 radical (unpaired) electrons. The van der Waals surface area contributed by atoms with Gasteiger partial charge in [0.1, 0.15) is 24.2 Å². The molecule has 10 nitrogen and oxygen atoms in total. The van der Waals surface area contributed by atoms with E-state index in [0.717, 1.165) is 48.2 Å². The molecule has 0 bridgehead atoms. The number of benzene rings is 4. The number of carbonyl (C=O) groups is 1. The predicted octanol–water partition coefficient (Wildman–Crippen LogP) is 6.92. The summed E-state index contributed by atoms with van der Waals surface area (Å²) in [6.45, 7) is 10.2.